The summed E-state index contributed by atoms with van der Waals surface area (Å²) in [5.41, 5.74) is 2.93. The van der Waals surface area contributed by atoms with Crippen molar-refractivity contribution in [3.8, 4) is 17.2 Å². The second-order valence-electron chi connectivity index (χ2n) is 9.16. The molecule has 1 aliphatic carbocycles. The van der Waals surface area contributed by atoms with Crippen LogP contribution in [0.5, 0.6) is 17.2 Å². The number of benzene rings is 2. The SMILES string of the molecule is COc1cc(NC(C)CCCN(Cc2ccc(OC)c(OC)c2)C(=O)C2CC2)c2ncccc2c1. The summed E-state index contributed by atoms with van der Waals surface area (Å²) in [7, 11) is 4.93. The number of carbonyl (C=O) groups is 1. The van der Waals surface area contributed by atoms with E-state index in [1.165, 1.54) is 0 Å². The molecule has 4 rings (SSSR count). The van der Waals surface area contributed by atoms with Crippen LogP contribution in [0.25, 0.3) is 10.9 Å². The highest BCUT2D eigenvalue weighted by Gasteiger charge is 2.33. The first-order valence-electron chi connectivity index (χ1n) is 12.2. The fourth-order valence-corrected chi connectivity index (χ4v) is 4.37. The molecule has 1 N–H and O–H groups in total. The number of ether oxygens (including phenoxy) is 3. The molecule has 0 aliphatic heterocycles. The van der Waals surface area contributed by atoms with Crippen LogP contribution in [0, 0.1) is 5.92 Å². The zero-order valence-electron chi connectivity index (χ0n) is 21.0. The summed E-state index contributed by atoms with van der Waals surface area (Å²) < 4.78 is 16.3. The molecule has 3 aromatic rings. The van der Waals surface area contributed by atoms with Gasteiger partial charge in [-0.2, -0.15) is 0 Å². The maximum absolute atomic E-state index is 13.0. The normalized spacial score (nSPS) is 13.8. The summed E-state index contributed by atoms with van der Waals surface area (Å²) in [6.45, 7) is 3.45. The van der Waals surface area contributed by atoms with Gasteiger partial charge in [-0.25, -0.2) is 0 Å². The first-order valence-corrected chi connectivity index (χ1v) is 12.2. The van der Waals surface area contributed by atoms with Crippen molar-refractivity contribution in [3.63, 3.8) is 0 Å². The second kappa shape index (κ2) is 11.3. The molecule has 1 aromatic heterocycles. The molecule has 0 spiro atoms. The number of fused-ring (bicyclic) bond motifs is 1. The number of rotatable bonds is 12. The summed E-state index contributed by atoms with van der Waals surface area (Å²) in [5.74, 6) is 2.61. The smallest absolute Gasteiger partial charge is 0.225 e. The van der Waals surface area contributed by atoms with E-state index in [2.05, 4.69) is 17.2 Å². The molecule has 1 unspecified atom stereocenters. The van der Waals surface area contributed by atoms with Gasteiger partial charge < -0.3 is 24.4 Å². The Labute approximate surface area is 207 Å². The van der Waals surface area contributed by atoms with Crippen LogP contribution in [0.4, 0.5) is 5.69 Å². The van der Waals surface area contributed by atoms with Crippen LogP contribution in [0.15, 0.2) is 48.7 Å². The van der Waals surface area contributed by atoms with E-state index >= 15 is 0 Å². The van der Waals surface area contributed by atoms with Gasteiger partial charge >= 0.3 is 0 Å². The number of methoxy groups -OCH3 is 3. The van der Waals surface area contributed by atoms with E-state index in [0.717, 1.165) is 53.6 Å². The van der Waals surface area contributed by atoms with Crippen molar-refractivity contribution in [2.75, 3.05) is 33.2 Å². The van der Waals surface area contributed by atoms with Gasteiger partial charge in [0.25, 0.3) is 0 Å². The van der Waals surface area contributed by atoms with E-state index in [1.54, 1.807) is 27.5 Å². The van der Waals surface area contributed by atoms with E-state index in [9.17, 15) is 4.79 Å². The maximum Gasteiger partial charge on any atom is 0.225 e. The Balaban J connectivity index is 1.39. The summed E-state index contributed by atoms with van der Waals surface area (Å²) in [6.07, 6.45) is 5.62. The highest BCUT2D eigenvalue weighted by atomic mass is 16.5. The molecular formula is C28H35N3O4. The minimum absolute atomic E-state index is 0.180. The molecule has 1 amide bonds. The molecule has 186 valence electrons. The monoisotopic (exact) mass is 477 g/mol. The molecule has 35 heavy (non-hydrogen) atoms. The number of aromatic nitrogens is 1. The third kappa shape index (κ3) is 6.15. The predicted molar refractivity (Wildman–Crippen MR) is 138 cm³/mol. The van der Waals surface area contributed by atoms with Crippen LogP contribution in [0.3, 0.4) is 0 Å². The van der Waals surface area contributed by atoms with Crippen molar-refractivity contribution < 1.29 is 19.0 Å². The Hall–Kier alpha value is -3.48. The third-order valence-corrected chi connectivity index (χ3v) is 6.44. The molecule has 1 heterocycles. The van der Waals surface area contributed by atoms with Crippen LogP contribution in [-0.4, -0.2) is 49.7 Å². The molecule has 1 fully saturated rings. The average molecular weight is 478 g/mol. The molecule has 2 aromatic carbocycles. The minimum Gasteiger partial charge on any atom is -0.497 e. The molecule has 0 radical (unpaired) electrons. The quantitative estimate of drug-likeness (QED) is 0.383. The van der Waals surface area contributed by atoms with Crippen LogP contribution in [0.2, 0.25) is 0 Å². The highest BCUT2D eigenvalue weighted by Crippen LogP contribution is 2.33. The van der Waals surface area contributed by atoms with Gasteiger partial charge in [0.15, 0.2) is 11.5 Å². The van der Waals surface area contributed by atoms with Crippen LogP contribution < -0.4 is 19.5 Å². The summed E-state index contributed by atoms with van der Waals surface area (Å²) in [6, 6.07) is 14.0. The van der Waals surface area contributed by atoms with Crippen LogP contribution >= 0.6 is 0 Å². The Kier molecular flexibility index (Phi) is 7.95. The van der Waals surface area contributed by atoms with Gasteiger partial charge in [0.2, 0.25) is 5.91 Å². The van der Waals surface area contributed by atoms with E-state index in [1.807, 2.05) is 47.4 Å². The van der Waals surface area contributed by atoms with Crippen molar-refractivity contribution in [1.82, 2.24) is 9.88 Å². The summed E-state index contributed by atoms with van der Waals surface area (Å²) >= 11 is 0. The van der Waals surface area contributed by atoms with Crippen molar-refractivity contribution in [1.29, 1.82) is 0 Å². The third-order valence-electron chi connectivity index (χ3n) is 6.44. The first-order chi connectivity index (χ1) is 17.0. The van der Waals surface area contributed by atoms with E-state index < -0.39 is 0 Å². The van der Waals surface area contributed by atoms with Crippen molar-refractivity contribution in [2.24, 2.45) is 5.92 Å². The number of pyridine rings is 1. The second-order valence-corrected chi connectivity index (χ2v) is 9.16. The minimum atomic E-state index is 0.180. The lowest BCUT2D eigenvalue weighted by Gasteiger charge is -2.25. The number of carbonyl (C=O) groups excluding carboxylic acids is 1. The van der Waals surface area contributed by atoms with E-state index in [4.69, 9.17) is 14.2 Å². The largest absolute Gasteiger partial charge is 0.497 e. The summed E-state index contributed by atoms with van der Waals surface area (Å²) in [5, 5.41) is 4.64. The summed E-state index contributed by atoms with van der Waals surface area (Å²) in [4.78, 5) is 19.5. The van der Waals surface area contributed by atoms with Crippen molar-refractivity contribution in [2.45, 2.75) is 45.2 Å². The maximum atomic E-state index is 13.0. The van der Waals surface area contributed by atoms with Gasteiger partial charge in [-0.3, -0.25) is 9.78 Å². The molecule has 1 saturated carbocycles. The van der Waals surface area contributed by atoms with Gasteiger partial charge in [0.05, 0.1) is 32.5 Å². The topological polar surface area (TPSA) is 72.9 Å². The molecule has 7 heteroatoms. The molecule has 0 bridgehead atoms. The lowest BCUT2D eigenvalue weighted by Crippen LogP contribution is -2.33. The highest BCUT2D eigenvalue weighted by molar-refractivity contribution is 5.92. The lowest BCUT2D eigenvalue weighted by atomic mass is 10.1. The zero-order valence-corrected chi connectivity index (χ0v) is 21.0. The fourth-order valence-electron chi connectivity index (χ4n) is 4.37. The van der Waals surface area contributed by atoms with Crippen LogP contribution in [-0.2, 0) is 11.3 Å². The molecule has 7 nitrogen and oxygen atoms in total. The Morgan fingerprint density at radius 2 is 1.89 bits per heavy atom. The molecule has 0 saturated heterocycles. The Morgan fingerprint density at radius 1 is 1.09 bits per heavy atom. The standard InChI is InChI=1S/C28H35N3O4/c1-19(30-24-17-23(33-2)16-22-8-5-13-29-27(22)24)7-6-14-31(28(32)21-10-11-21)18-20-9-12-25(34-3)26(15-20)35-4/h5,8-9,12-13,15-17,19,21,30H,6-7,10-11,14,18H2,1-4H3. The number of nitrogens with one attached hydrogen (secondary N) is 1. The Morgan fingerprint density at radius 3 is 2.60 bits per heavy atom. The van der Waals surface area contributed by atoms with Gasteiger partial charge in [0, 0.05) is 42.7 Å². The molecular weight excluding hydrogens is 442 g/mol. The number of nitrogens with zero attached hydrogens (tertiary/aromatic N) is 2. The lowest BCUT2D eigenvalue weighted by molar-refractivity contribution is -0.133. The number of amides is 1. The first kappa shape index (κ1) is 24.6. The van der Waals surface area contributed by atoms with Gasteiger partial charge in [-0.15, -0.1) is 0 Å². The predicted octanol–water partition coefficient (Wildman–Crippen LogP) is 5.28. The van der Waals surface area contributed by atoms with Crippen molar-refractivity contribution in [3.05, 3.63) is 54.2 Å². The number of hydrogen-bond acceptors (Lipinski definition) is 6. The van der Waals surface area contributed by atoms with E-state index in [-0.39, 0.29) is 17.9 Å². The van der Waals surface area contributed by atoms with Gasteiger partial charge in [-0.05, 0) is 62.4 Å². The zero-order chi connectivity index (χ0) is 24.8. The number of hydrogen-bond donors (Lipinski definition) is 1. The number of anilines is 1. The molecule has 1 atom stereocenters. The van der Waals surface area contributed by atoms with Crippen LogP contribution in [0.1, 0.15) is 38.2 Å². The fraction of sp³-hybridized carbons (Fsp3) is 0.429. The van der Waals surface area contributed by atoms with Gasteiger partial charge in [0.1, 0.15) is 5.75 Å². The van der Waals surface area contributed by atoms with Gasteiger partial charge in [-0.1, -0.05) is 12.1 Å². The average Bonchev–Trinajstić information content (AvgIpc) is 3.73. The molecule has 1 aliphatic rings. The van der Waals surface area contributed by atoms with E-state index in [0.29, 0.717) is 24.6 Å². The van der Waals surface area contributed by atoms with Crippen molar-refractivity contribution >= 4 is 22.5 Å². The Bertz CT molecular complexity index is 1160.